The van der Waals surface area contributed by atoms with Gasteiger partial charge in [-0.25, -0.2) is 4.99 Å². The summed E-state index contributed by atoms with van der Waals surface area (Å²) in [6.45, 7) is 5.45. The summed E-state index contributed by atoms with van der Waals surface area (Å²) in [4.78, 5) is 30.1. The van der Waals surface area contributed by atoms with Gasteiger partial charge in [0.15, 0.2) is 0 Å². The predicted octanol–water partition coefficient (Wildman–Crippen LogP) is 2.24. The van der Waals surface area contributed by atoms with Gasteiger partial charge in [0, 0.05) is 36.1 Å². The normalized spacial score (nSPS) is 24.2. The maximum Gasteiger partial charge on any atom is 0.273 e. The summed E-state index contributed by atoms with van der Waals surface area (Å²) in [7, 11) is 0. The number of carbonyl (C=O) groups excluding carboxylic acids is 2. The molecule has 3 rings (SSSR count). The van der Waals surface area contributed by atoms with Crippen LogP contribution in [0.2, 0.25) is 0 Å². The van der Waals surface area contributed by atoms with Gasteiger partial charge < -0.3 is 10.2 Å². The van der Waals surface area contributed by atoms with Gasteiger partial charge in [0.1, 0.15) is 0 Å². The van der Waals surface area contributed by atoms with Crippen LogP contribution < -0.4 is 5.32 Å². The number of rotatable bonds is 2. The van der Waals surface area contributed by atoms with Crippen molar-refractivity contribution in [3.63, 3.8) is 0 Å². The van der Waals surface area contributed by atoms with E-state index in [1.54, 1.807) is 6.20 Å². The van der Waals surface area contributed by atoms with Crippen LogP contribution in [0.1, 0.15) is 33.1 Å². The Balaban J connectivity index is 1.81. The maximum atomic E-state index is 12.4. The van der Waals surface area contributed by atoms with Crippen molar-refractivity contribution in [3.8, 4) is 0 Å². The average Bonchev–Trinajstić information content (AvgIpc) is 3.09. The average molecular weight is 311 g/mol. The van der Waals surface area contributed by atoms with Crippen LogP contribution in [-0.4, -0.2) is 35.5 Å². The first-order valence-electron chi connectivity index (χ1n) is 8.09. The van der Waals surface area contributed by atoms with Gasteiger partial charge in [-0.3, -0.25) is 9.59 Å². The Morgan fingerprint density at radius 3 is 2.65 bits per heavy atom. The van der Waals surface area contributed by atoms with Gasteiger partial charge in [-0.2, -0.15) is 0 Å². The molecule has 2 amide bonds. The van der Waals surface area contributed by atoms with E-state index in [1.807, 2.05) is 37.0 Å². The predicted molar refractivity (Wildman–Crippen MR) is 89.7 cm³/mol. The fraction of sp³-hybridized carbons (Fsp3) is 0.389. The number of nitrogens with zero attached hydrogens (tertiary/aromatic N) is 2. The fourth-order valence-electron chi connectivity index (χ4n) is 2.98. The van der Waals surface area contributed by atoms with Gasteiger partial charge in [-0.15, -0.1) is 0 Å². The number of aliphatic imine (C=N–C) groups is 1. The quantitative estimate of drug-likeness (QED) is 0.851. The monoisotopic (exact) mass is 311 g/mol. The second-order valence-electron chi connectivity index (χ2n) is 5.93. The Hall–Kier alpha value is -2.43. The van der Waals surface area contributed by atoms with Crippen LogP contribution in [0.3, 0.4) is 0 Å². The van der Waals surface area contributed by atoms with Crippen LogP contribution in [0.15, 0.2) is 51.8 Å². The lowest BCUT2D eigenvalue weighted by Crippen LogP contribution is -2.30. The van der Waals surface area contributed by atoms with E-state index in [1.165, 1.54) is 0 Å². The third-order valence-corrected chi connectivity index (χ3v) is 4.38. The molecule has 0 aromatic carbocycles. The second-order valence-corrected chi connectivity index (χ2v) is 5.93. The highest BCUT2D eigenvalue weighted by molar-refractivity contribution is 6.15. The molecule has 5 heteroatoms. The van der Waals surface area contributed by atoms with Crippen LogP contribution in [0, 0.1) is 0 Å². The van der Waals surface area contributed by atoms with Crippen LogP contribution in [0.25, 0.3) is 0 Å². The lowest BCUT2D eigenvalue weighted by Gasteiger charge is -2.20. The number of dihydropyridines is 2. The Kier molecular flexibility index (Phi) is 4.28. The van der Waals surface area contributed by atoms with Crippen molar-refractivity contribution in [1.82, 2.24) is 10.2 Å². The molecule has 3 aliphatic heterocycles. The van der Waals surface area contributed by atoms with Crippen LogP contribution in [-0.2, 0) is 9.59 Å². The largest absolute Gasteiger partial charge is 0.360 e. The summed E-state index contributed by atoms with van der Waals surface area (Å²) in [6, 6.07) is 0. The van der Waals surface area contributed by atoms with Gasteiger partial charge in [0.25, 0.3) is 11.8 Å². The Bertz CT molecular complexity index is 702. The van der Waals surface area contributed by atoms with Crippen LogP contribution >= 0.6 is 0 Å². The minimum atomic E-state index is -0.158. The number of allylic oxidation sites excluding steroid dienone is 3. The van der Waals surface area contributed by atoms with Gasteiger partial charge in [-0.05, 0) is 44.4 Å². The van der Waals surface area contributed by atoms with Crippen molar-refractivity contribution in [3.05, 3.63) is 46.8 Å². The molecule has 0 aliphatic carbocycles. The van der Waals surface area contributed by atoms with E-state index in [2.05, 4.69) is 10.3 Å². The smallest absolute Gasteiger partial charge is 0.273 e. The van der Waals surface area contributed by atoms with Crippen LogP contribution in [0.4, 0.5) is 0 Å². The molecule has 0 unspecified atom stereocenters. The summed E-state index contributed by atoms with van der Waals surface area (Å²) in [5.41, 5.74) is 3.83. The molecule has 1 saturated heterocycles. The van der Waals surface area contributed by atoms with Crippen molar-refractivity contribution in [1.29, 1.82) is 0 Å². The maximum absolute atomic E-state index is 12.4. The number of nitrogens with one attached hydrogen (secondary N) is 1. The summed E-state index contributed by atoms with van der Waals surface area (Å²) >= 11 is 0. The van der Waals surface area contributed by atoms with E-state index in [-0.39, 0.29) is 11.8 Å². The molecule has 1 fully saturated rings. The molecule has 3 heterocycles. The second kappa shape index (κ2) is 6.36. The van der Waals surface area contributed by atoms with E-state index in [0.717, 1.165) is 37.2 Å². The number of carbonyl (C=O) groups is 2. The van der Waals surface area contributed by atoms with E-state index in [9.17, 15) is 9.59 Å². The van der Waals surface area contributed by atoms with Gasteiger partial charge >= 0.3 is 0 Å². The molecule has 23 heavy (non-hydrogen) atoms. The SMILES string of the molecule is CCC1=CC(=C2C=CC(C(=O)N3CCCC3)=CN2)C(C)=NC1=O. The van der Waals surface area contributed by atoms with Crippen molar-refractivity contribution in [2.75, 3.05) is 13.1 Å². The molecule has 0 atom stereocenters. The highest BCUT2D eigenvalue weighted by Gasteiger charge is 2.22. The third-order valence-electron chi connectivity index (χ3n) is 4.38. The molecule has 5 nitrogen and oxygen atoms in total. The topological polar surface area (TPSA) is 61.8 Å². The molecule has 0 saturated carbocycles. The standard InChI is InChI=1S/C18H21N3O2/c1-3-13-10-15(12(2)20-17(13)22)16-7-6-14(11-19-16)18(23)21-8-4-5-9-21/h6-7,10-11,19H,3-5,8-9H2,1-2H3. The van der Waals surface area contributed by atoms with E-state index >= 15 is 0 Å². The Labute approximate surface area is 136 Å². The van der Waals surface area contributed by atoms with Crippen molar-refractivity contribution >= 4 is 17.5 Å². The zero-order valence-corrected chi connectivity index (χ0v) is 13.6. The minimum absolute atomic E-state index is 0.0734. The molecule has 0 bridgehead atoms. The Morgan fingerprint density at radius 2 is 2.04 bits per heavy atom. The van der Waals surface area contributed by atoms with Crippen LogP contribution in [0.5, 0.6) is 0 Å². The molecule has 0 aromatic heterocycles. The zero-order valence-electron chi connectivity index (χ0n) is 13.6. The molecule has 0 radical (unpaired) electrons. The molecule has 120 valence electrons. The lowest BCUT2D eigenvalue weighted by molar-refractivity contribution is -0.125. The lowest BCUT2D eigenvalue weighted by atomic mass is 9.98. The number of hydrogen-bond donors (Lipinski definition) is 1. The minimum Gasteiger partial charge on any atom is -0.360 e. The molecule has 0 spiro atoms. The van der Waals surface area contributed by atoms with Gasteiger partial charge in [-0.1, -0.05) is 6.92 Å². The van der Waals surface area contributed by atoms with E-state index in [4.69, 9.17) is 0 Å². The summed E-state index contributed by atoms with van der Waals surface area (Å²) in [6.07, 6.45) is 10.2. The molecular formula is C18H21N3O2. The summed E-state index contributed by atoms with van der Waals surface area (Å²) < 4.78 is 0. The first-order chi connectivity index (χ1) is 11.1. The van der Waals surface area contributed by atoms with Gasteiger partial charge in [0.05, 0.1) is 11.3 Å². The third kappa shape index (κ3) is 3.04. The number of amides is 2. The number of likely N-dealkylation sites (tertiary alicyclic amines) is 1. The van der Waals surface area contributed by atoms with E-state index in [0.29, 0.717) is 23.3 Å². The van der Waals surface area contributed by atoms with Crippen molar-refractivity contribution in [2.24, 2.45) is 4.99 Å². The summed E-state index contributed by atoms with van der Waals surface area (Å²) in [5, 5.41) is 3.18. The highest BCUT2D eigenvalue weighted by atomic mass is 16.2. The fourth-order valence-corrected chi connectivity index (χ4v) is 2.98. The highest BCUT2D eigenvalue weighted by Crippen LogP contribution is 2.22. The first-order valence-corrected chi connectivity index (χ1v) is 8.09. The van der Waals surface area contributed by atoms with Crippen molar-refractivity contribution < 1.29 is 9.59 Å². The molecule has 1 N–H and O–H groups in total. The number of hydrogen-bond acceptors (Lipinski definition) is 3. The molecular weight excluding hydrogens is 290 g/mol. The Morgan fingerprint density at radius 1 is 1.30 bits per heavy atom. The molecule has 0 aromatic rings. The van der Waals surface area contributed by atoms with Crippen molar-refractivity contribution in [2.45, 2.75) is 33.1 Å². The van der Waals surface area contributed by atoms with E-state index < -0.39 is 0 Å². The molecule has 3 aliphatic rings. The zero-order chi connectivity index (χ0) is 16.4. The first kappa shape index (κ1) is 15.5. The summed E-state index contributed by atoms with van der Waals surface area (Å²) in [5.74, 6) is -0.0844. The van der Waals surface area contributed by atoms with Gasteiger partial charge in [0.2, 0.25) is 0 Å².